The Bertz CT molecular complexity index is 579. The number of ether oxygens (including phenoxy) is 1. The van der Waals surface area contributed by atoms with Crippen molar-refractivity contribution in [1.82, 2.24) is 10.9 Å². The maximum absolute atomic E-state index is 11.8. The highest BCUT2D eigenvalue weighted by Gasteiger charge is 2.06. The molecule has 7 nitrogen and oxygen atoms in total. The van der Waals surface area contributed by atoms with Crippen molar-refractivity contribution in [2.45, 2.75) is 20.3 Å². The normalized spacial score (nSPS) is 10.6. The van der Waals surface area contributed by atoms with Gasteiger partial charge < -0.3 is 9.84 Å². The van der Waals surface area contributed by atoms with Gasteiger partial charge in [0.15, 0.2) is 0 Å². The summed E-state index contributed by atoms with van der Waals surface area (Å²) in [5.74, 6) is -1.29. The lowest BCUT2D eigenvalue weighted by Gasteiger charge is -2.09. The number of amides is 2. The summed E-state index contributed by atoms with van der Waals surface area (Å²) in [4.78, 5) is 33.3. The van der Waals surface area contributed by atoms with Crippen LogP contribution in [0, 0.1) is 5.92 Å². The summed E-state index contributed by atoms with van der Waals surface area (Å²) in [5, 5.41) is 8.37. The largest absolute Gasteiger partial charge is 0.494 e. The number of hydrogen-bond acceptors (Lipinski definition) is 4. The molecule has 0 saturated carbocycles. The van der Waals surface area contributed by atoms with E-state index in [9.17, 15) is 14.4 Å². The van der Waals surface area contributed by atoms with Crippen LogP contribution in [-0.4, -0.2) is 29.5 Å². The van der Waals surface area contributed by atoms with Gasteiger partial charge in [-0.1, -0.05) is 13.8 Å². The van der Waals surface area contributed by atoms with Crippen LogP contribution in [0.25, 0.3) is 0 Å². The van der Waals surface area contributed by atoms with Crippen LogP contribution in [0.4, 0.5) is 0 Å². The summed E-state index contributed by atoms with van der Waals surface area (Å²) in [5.41, 5.74) is 4.59. The fraction of sp³-hybridized carbons (Fsp3) is 0.312. The van der Waals surface area contributed by atoms with Crippen molar-refractivity contribution in [2.24, 2.45) is 5.92 Å². The maximum Gasteiger partial charge on any atom is 0.328 e. The van der Waals surface area contributed by atoms with Gasteiger partial charge in [-0.15, -0.1) is 0 Å². The summed E-state index contributed by atoms with van der Waals surface area (Å²) in [6.07, 6.45) is 2.41. The van der Waals surface area contributed by atoms with E-state index in [0.29, 0.717) is 29.9 Å². The predicted octanol–water partition coefficient (Wildman–Crippen LogP) is 1.51. The molecule has 0 fully saturated rings. The van der Waals surface area contributed by atoms with Crippen molar-refractivity contribution in [2.75, 3.05) is 6.61 Å². The number of carboxylic acids is 1. The molecule has 1 rings (SSSR count). The van der Waals surface area contributed by atoms with Crippen LogP contribution in [0.1, 0.15) is 30.6 Å². The van der Waals surface area contributed by atoms with E-state index in [2.05, 4.69) is 24.7 Å². The molecular weight excluding hydrogens is 300 g/mol. The fourth-order valence-corrected chi connectivity index (χ4v) is 1.49. The quantitative estimate of drug-likeness (QED) is 0.522. The van der Waals surface area contributed by atoms with Gasteiger partial charge in [-0.2, -0.15) is 0 Å². The van der Waals surface area contributed by atoms with Gasteiger partial charge in [-0.3, -0.25) is 20.4 Å². The first-order valence-electron chi connectivity index (χ1n) is 7.12. The topological polar surface area (TPSA) is 105 Å². The minimum absolute atomic E-state index is 0.337. The molecule has 0 radical (unpaired) electrons. The van der Waals surface area contributed by atoms with Crippen molar-refractivity contribution >= 4 is 17.8 Å². The monoisotopic (exact) mass is 320 g/mol. The van der Waals surface area contributed by atoms with Gasteiger partial charge in [-0.05, 0) is 36.6 Å². The van der Waals surface area contributed by atoms with E-state index in [1.807, 2.05) is 0 Å². The molecule has 0 heterocycles. The van der Waals surface area contributed by atoms with Crippen molar-refractivity contribution in [3.8, 4) is 5.75 Å². The smallest absolute Gasteiger partial charge is 0.328 e. The SMILES string of the molecule is CC(C)CCOc1ccc(C(=O)NNC(=O)/C=C/C(=O)O)cc1. The standard InChI is InChI=1S/C16H20N2O5/c1-11(2)9-10-23-13-5-3-12(4-6-13)16(22)18-17-14(19)7-8-15(20)21/h3-8,11H,9-10H2,1-2H3,(H,17,19)(H,18,22)(H,20,21)/b8-7+. The Morgan fingerprint density at radius 1 is 1.13 bits per heavy atom. The molecule has 0 saturated heterocycles. The lowest BCUT2D eigenvalue weighted by Crippen LogP contribution is -2.40. The van der Waals surface area contributed by atoms with Crippen LogP contribution < -0.4 is 15.6 Å². The van der Waals surface area contributed by atoms with Crippen molar-refractivity contribution < 1.29 is 24.2 Å². The number of hydrazine groups is 1. The number of carbonyl (C=O) groups excluding carboxylic acids is 2. The van der Waals surface area contributed by atoms with Crippen molar-refractivity contribution in [3.05, 3.63) is 42.0 Å². The molecule has 3 N–H and O–H groups in total. The highest BCUT2D eigenvalue weighted by atomic mass is 16.5. The van der Waals surface area contributed by atoms with E-state index in [1.165, 1.54) is 0 Å². The Morgan fingerprint density at radius 2 is 1.78 bits per heavy atom. The molecule has 124 valence electrons. The lowest BCUT2D eigenvalue weighted by atomic mass is 10.1. The summed E-state index contributed by atoms with van der Waals surface area (Å²) in [7, 11) is 0. The van der Waals surface area contributed by atoms with Gasteiger partial charge in [0.2, 0.25) is 0 Å². The highest BCUT2D eigenvalue weighted by Crippen LogP contribution is 2.13. The molecule has 23 heavy (non-hydrogen) atoms. The number of benzene rings is 1. The van der Waals surface area contributed by atoms with Crippen LogP contribution in [0.3, 0.4) is 0 Å². The number of hydrogen-bond donors (Lipinski definition) is 3. The first-order valence-corrected chi connectivity index (χ1v) is 7.12. The van der Waals surface area contributed by atoms with Gasteiger partial charge >= 0.3 is 5.97 Å². The molecule has 7 heteroatoms. The first-order chi connectivity index (χ1) is 10.9. The molecule has 0 aliphatic rings. The Morgan fingerprint density at radius 3 is 2.35 bits per heavy atom. The zero-order valence-corrected chi connectivity index (χ0v) is 13.0. The second-order valence-electron chi connectivity index (χ2n) is 5.17. The van der Waals surface area contributed by atoms with Crippen molar-refractivity contribution in [3.63, 3.8) is 0 Å². The van der Waals surface area contributed by atoms with Gasteiger partial charge in [0.25, 0.3) is 11.8 Å². The Kier molecular flexibility index (Phi) is 7.32. The number of carbonyl (C=O) groups is 3. The van der Waals surface area contributed by atoms with Gasteiger partial charge in [0.05, 0.1) is 6.61 Å². The average Bonchev–Trinajstić information content (AvgIpc) is 2.51. The van der Waals surface area contributed by atoms with Crippen LogP contribution in [0.2, 0.25) is 0 Å². The van der Waals surface area contributed by atoms with Crippen LogP contribution in [-0.2, 0) is 9.59 Å². The van der Waals surface area contributed by atoms with E-state index in [-0.39, 0.29) is 0 Å². The number of nitrogens with one attached hydrogen (secondary N) is 2. The van der Waals surface area contributed by atoms with E-state index >= 15 is 0 Å². The van der Waals surface area contributed by atoms with Gasteiger partial charge in [0.1, 0.15) is 5.75 Å². The molecular formula is C16H20N2O5. The first kappa shape index (κ1) is 18.2. The summed E-state index contributed by atoms with van der Waals surface area (Å²) >= 11 is 0. The van der Waals surface area contributed by atoms with E-state index in [1.54, 1.807) is 24.3 Å². The molecule has 0 aromatic heterocycles. The maximum atomic E-state index is 11.8. The Hall–Kier alpha value is -2.83. The molecule has 2 amide bonds. The zero-order valence-electron chi connectivity index (χ0n) is 13.0. The molecule has 0 spiro atoms. The number of carboxylic acid groups (broad SMARTS) is 1. The van der Waals surface area contributed by atoms with Gasteiger partial charge in [-0.25, -0.2) is 4.79 Å². The average molecular weight is 320 g/mol. The highest BCUT2D eigenvalue weighted by molar-refractivity contribution is 5.98. The number of rotatable bonds is 7. The third-order valence-corrected chi connectivity index (χ3v) is 2.76. The second-order valence-corrected chi connectivity index (χ2v) is 5.17. The lowest BCUT2D eigenvalue weighted by molar-refractivity contribution is -0.131. The molecule has 1 aromatic rings. The van der Waals surface area contributed by atoms with Gasteiger partial charge in [0, 0.05) is 17.7 Å². The van der Waals surface area contributed by atoms with Crippen LogP contribution in [0.5, 0.6) is 5.75 Å². The number of aliphatic carboxylic acids is 1. The molecule has 0 atom stereocenters. The second kappa shape index (κ2) is 9.24. The van der Waals surface area contributed by atoms with E-state index in [0.717, 1.165) is 12.5 Å². The van der Waals surface area contributed by atoms with E-state index < -0.39 is 17.8 Å². The molecule has 1 aromatic carbocycles. The summed E-state index contributed by atoms with van der Waals surface area (Å²) in [6.45, 7) is 4.82. The summed E-state index contributed by atoms with van der Waals surface area (Å²) < 4.78 is 5.54. The summed E-state index contributed by atoms with van der Waals surface area (Å²) in [6, 6.07) is 6.47. The van der Waals surface area contributed by atoms with Crippen molar-refractivity contribution in [1.29, 1.82) is 0 Å². The minimum Gasteiger partial charge on any atom is -0.494 e. The van der Waals surface area contributed by atoms with Crippen LogP contribution >= 0.6 is 0 Å². The molecule has 0 unspecified atom stereocenters. The Labute approximate surface area is 134 Å². The Balaban J connectivity index is 2.45. The zero-order chi connectivity index (χ0) is 17.2. The van der Waals surface area contributed by atoms with E-state index in [4.69, 9.17) is 9.84 Å². The molecule has 0 aliphatic carbocycles. The molecule has 0 bridgehead atoms. The minimum atomic E-state index is -1.25. The predicted molar refractivity (Wildman–Crippen MR) is 83.8 cm³/mol. The fourth-order valence-electron chi connectivity index (χ4n) is 1.49. The third-order valence-electron chi connectivity index (χ3n) is 2.76. The van der Waals surface area contributed by atoms with Crippen LogP contribution in [0.15, 0.2) is 36.4 Å². The third kappa shape index (κ3) is 7.66. The molecule has 0 aliphatic heterocycles.